The smallest absolute Gasteiger partial charge is 0.322 e. The van der Waals surface area contributed by atoms with E-state index < -0.39 is 6.04 Å². The monoisotopic (exact) mass is 415 g/mol. The van der Waals surface area contributed by atoms with Crippen molar-refractivity contribution in [3.05, 3.63) is 89.6 Å². The number of hydrogen-bond donors (Lipinski definition) is 1. The van der Waals surface area contributed by atoms with Crippen molar-refractivity contribution < 1.29 is 14.3 Å². The van der Waals surface area contributed by atoms with E-state index in [2.05, 4.69) is 11.9 Å². The highest BCUT2D eigenvalue weighted by Crippen LogP contribution is 2.41. The van der Waals surface area contributed by atoms with Crippen LogP contribution >= 0.6 is 0 Å². The van der Waals surface area contributed by atoms with E-state index in [4.69, 9.17) is 4.74 Å². The Morgan fingerprint density at radius 1 is 1.10 bits per heavy atom. The van der Waals surface area contributed by atoms with E-state index in [0.717, 1.165) is 29.7 Å². The molecule has 2 aromatic rings. The number of benzene rings is 2. The highest BCUT2D eigenvalue weighted by molar-refractivity contribution is 6.01. The summed E-state index contributed by atoms with van der Waals surface area (Å²) in [5, 5.41) is 3.03. The summed E-state index contributed by atoms with van der Waals surface area (Å²) in [6, 6.07) is 17.2. The van der Waals surface area contributed by atoms with Crippen LogP contribution in [-0.2, 0) is 11.4 Å². The fourth-order valence-corrected chi connectivity index (χ4v) is 4.29. The number of nitrogens with zero attached hydrogens (tertiary/aromatic N) is 2. The summed E-state index contributed by atoms with van der Waals surface area (Å²) in [5.74, 6) is 0.725. The Bertz CT molecular complexity index is 1060. The molecule has 6 nitrogen and oxygen atoms in total. The summed E-state index contributed by atoms with van der Waals surface area (Å²) in [4.78, 5) is 29.7. The molecule has 0 spiro atoms. The third-order valence-electron chi connectivity index (χ3n) is 5.99. The lowest BCUT2D eigenvalue weighted by molar-refractivity contribution is -0.126. The Kier molecular flexibility index (Phi) is 4.98. The van der Waals surface area contributed by atoms with Gasteiger partial charge in [-0.05, 0) is 36.1 Å². The van der Waals surface area contributed by atoms with Crippen molar-refractivity contribution in [2.24, 2.45) is 0 Å². The fraction of sp³-hybridized carbons (Fsp3) is 0.280. The number of carbonyl (C=O) groups is 2. The molecule has 6 heteroatoms. The Balaban J connectivity index is 1.44. The lowest BCUT2D eigenvalue weighted by Crippen LogP contribution is -2.47. The van der Waals surface area contributed by atoms with Gasteiger partial charge in [0.15, 0.2) is 0 Å². The maximum Gasteiger partial charge on any atom is 0.322 e. The van der Waals surface area contributed by atoms with Crippen LogP contribution in [0.3, 0.4) is 0 Å². The van der Waals surface area contributed by atoms with Crippen LogP contribution in [0.5, 0.6) is 5.75 Å². The van der Waals surface area contributed by atoms with Gasteiger partial charge in [-0.3, -0.25) is 9.69 Å². The third-order valence-corrected chi connectivity index (χ3v) is 5.99. The van der Waals surface area contributed by atoms with Crippen LogP contribution in [0.1, 0.15) is 30.0 Å². The van der Waals surface area contributed by atoms with E-state index in [9.17, 15) is 9.59 Å². The first-order valence-corrected chi connectivity index (χ1v) is 10.7. The maximum atomic E-state index is 13.3. The van der Waals surface area contributed by atoms with Gasteiger partial charge < -0.3 is 15.0 Å². The van der Waals surface area contributed by atoms with Crippen LogP contribution in [0, 0.1) is 0 Å². The Morgan fingerprint density at radius 3 is 2.65 bits per heavy atom. The number of urea groups is 1. The van der Waals surface area contributed by atoms with Crippen LogP contribution in [-0.4, -0.2) is 40.9 Å². The zero-order valence-electron chi connectivity index (χ0n) is 17.3. The highest BCUT2D eigenvalue weighted by atomic mass is 16.5. The van der Waals surface area contributed by atoms with Gasteiger partial charge in [-0.2, -0.15) is 0 Å². The number of ether oxygens (including phenoxy) is 1. The molecule has 0 bridgehead atoms. The minimum absolute atomic E-state index is 0.0205. The zero-order valence-corrected chi connectivity index (χ0v) is 17.3. The first kappa shape index (κ1) is 19.4. The molecule has 0 radical (unpaired) electrons. The molecule has 31 heavy (non-hydrogen) atoms. The molecule has 3 aliphatic rings. The lowest BCUT2D eigenvalue weighted by Gasteiger charge is -2.33. The Morgan fingerprint density at radius 2 is 1.90 bits per heavy atom. The van der Waals surface area contributed by atoms with Crippen LogP contribution in [0.15, 0.2) is 78.5 Å². The van der Waals surface area contributed by atoms with Crippen LogP contribution in [0.2, 0.25) is 0 Å². The average Bonchev–Trinajstić information content (AvgIpc) is 3.58. The number of hydrogen-bond acceptors (Lipinski definition) is 3. The summed E-state index contributed by atoms with van der Waals surface area (Å²) >= 11 is 0. The van der Waals surface area contributed by atoms with Crippen LogP contribution in [0.25, 0.3) is 0 Å². The average molecular weight is 415 g/mol. The summed E-state index contributed by atoms with van der Waals surface area (Å²) < 4.78 is 5.97. The van der Waals surface area contributed by atoms with E-state index in [-0.39, 0.29) is 11.9 Å². The largest absolute Gasteiger partial charge is 0.489 e. The van der Waals surface area contributed by atoms with E-state index in [1.165, 1.54) is 0 Å². The molecule has 1 fully saturated rings. The zero-order chi connectivity index (χ0) is 21.4. The second-order valence-corrected chi connectivity index (χ2v) is 8.15. The first-order chi connectivity index (χ1) is 15.2. The van der Waals surface area contributed by atoms with Gasteiger partial charge in [0, 0.05) is 12.6 Å². The van der Waals surface area contributed by atoms with Crippen molar-refractivity contribution in [1.82, 2.24) is 15.1 Å². The quantitative estimate of drug-likeness (QED) is 0.700. The van der Waals surface area contributed by atoms with Crippen LogP contribution in [0.4, 0.5) is 4.79 Å². The van der Waals surface area contributed by atoms with E-state index in [0.29, 0.717) is 37.1 Å². The van der Waals surface area contributed by atoms with Crippen molar-refractivity contribution in [3.8, 4) is 5.75 Å². The lowest BCUT2D eigenvalue weighted by atomic mass is 9.95. The molecule has 2 heterocycles. The fourth-order valence-electron chi connectivity index (χ4n) is 4.29. The first-order valence-electron chi connectivity index (χ1n) is 10.7. The molecule has 0 aromatic heterocycles. The molecule has 5 rings (SSSR count). The highest BCUT2D eigenvalue weighted by Gasteiger charge is 2.47. The SMILES string of the molecule is C=CCN1C(=O)N[C@@H](c2cccc(OCc3ccccc3)c2)C2=C1CN(C1CC1)C2=O. The van der Waals surface area contributed by atoms with Crippen molar-refractivity contribution in [3.63, 3.8) is 0 Å². The van der Waals surface area contributed by atoms with E-state index in [1.54, 1.807) is 11.0 Å². The predicted octanol–water partition coefficient (Wildman–Crippen LogP) is 3.78. The van der Waals surface area contributed by atoms with Crippen LogP contribution < -0.4 is 10.1 Å². The molecule has 1 aliphatic carbocycles. The van der Waals surface area contributed by atoms with Gasteiger partial charge in [0.1, 0.15) is 12.4 Å². The minimum atomic E-state index is -0.486. The van der Waals surface area contributed by atoms with Gasteiger partial charge in [0.2, 0.25) is 0 Å². The standard InChI is InChI=1S/C25H25N3O3/c1-2-13-27-21-15-28(19-11-12-19)24(29)22(21)23(26-25(27)30)18-9-6-10-20(14-18)31-16-17-7-4-3-5-8-17/h2-10,14,19,23H,1,11-13,15-16H2,(H,26,30)/t23-/m0/s1. The molecule has 0 saturated heterocycles. The minimum Gasteiger partial charge on any atom is -0.489 e. The van der Waals surface area contributed by atoms with Gasteiger partial charge in [0.05, 0.1) is 23.9 Å². The summed E-state index contributed by atoms with van der Waals surface area (Å²) in [6.45, 7) is 5.08. The number of rotatable bonds is 7. The summed E-state index contributed by atoms with van der Waals surface area (Å²) in [5.41, 5.74) is 3.38. The molecular formula is C25H25N3O3. The van der Waals surface area contributed by atoms with E-state index >= 15 is 0 Å². The number of nitrogens with one attached hydrogen (secondary N) is 1. The molecule has 1 N–H and O–H groups in total. The second-order valence-electron chi connectivity index (χ2n) is 8.15. The molecular weight excluding hydrogens is 390 g/mol. The number of amides is 3. The Labute approximate surface area is 181 Å². The molecule has 1 atom stereocenters. The van der Waals surface area contributed by atoms with Gasteiger partial charge in [0.25, 0.3) is 5.91 Å². The molecule has 158 valence electrons. The molecule has 1 saturated carbocycles. The molecule has 2 aromatic carbocycles. The second kappa shape index (κ2) is 7.95. The number of carbonyl (C=O) groups excluding carboxylic acids is 2. The van der Waals surface area contributed by atoms with Gasteiger partial charge in [-0.25, -0.2) is 4.79 Å². The van der Waals surface area contributed by atoms with Gasteiger partial charge in [-0.1, -0.05) is 48.5 Å². The van der Waals surface area contributed by atoms with Crippen molar-refractivity contribution >= 4 is 11.9 Å². The summed E-state index contributed by atoms with van der Waals surface area (Å²) in [6.07, 6.45) is 3.75. The van der Waals surface area contributed by atoms with E-state index in [1.807, 2.05) is 59.5 Å². The predicted molar refractivity (Wildman–Crippen MR) is 117 cm³/mol. The van der Waals surface area contributed by atoms with Crippen molar-refractivity contribution in [2.45, 2.75) is 31.5 Å². The molecule has 2 aliphatic heterocycles. The third kappa shape index (κ3) is 3.69. The Hall–Kier alpha value is -3.54. The normalized spacial score (nSPS) is 20.6. The van der Waals surface area contributed by atoms with Gasteiger partial charge >= 0.3 is 6.03 Å². The van der Waals surface area contributed by atoms with Gasteiger partial charge in [-0.15, -0.1) is 6.58 Å². The topological polar surface area (TPSA) is 61.9 Å². The molecule has 3 amide bonds. The van der Waals surface area contributed by atoms with Crippen molar-refractivity contribution in [1.29, 1.82) is 0 Å². The summed E-state index contributed by atoms with van der Waals surface area (Å²) in [7, 11) is 0. The maximum absolute atomic E-state index is 13.3. The molecule has 0 unspecified atom stereocenters. The van der Waals surface area contributed by atoms with Crippen molar-refractivity contribution in [2.75, 3.05) is 13.1 Å².